The molecule has 1 aliphatic heterocycles. The molecule has 1 N–H and O–H groups in total. The van der Waals surface area contributed by atoms with E-state index in [1.165, 1.54) is 29.9 Å². The van der Waals surface area contributed by atoms with E-state index in [-0.39, 0.29) is 5.78 Å². The van der Waals surface area contributed by atoms with Crippen LogP contribution in [0.2, 0.25) is 0 Å². The third-order valence-electron chi connectivity index (χ3n) is 5.63. The second-order valence-electron chi connectivity index (χ2n) is 7.57. The number of sulfonamides is 1. The van der Waals surface area contributed by atoms with Crippen LogP contribution in [0.1, 0.15) is 40.6 Å². The molecule has 0 amide bonds. The molecule has 27 heavy (non-hydrogen) atoms. The highest BCUT2D eigenvalue weighted by Gasteiger charge is 2.33. The number of aromatic nitrogens is 1. The second kappa shape index (κ2) is 7.16. The van der Waals surface area contributed by atoms with Crippen LogP contribution in [-0.2, 0) is 10.0 Å². The van der Waals surface area contributed by atoms with Crippen LogP contribution >= 0.6 is 11.3 Å². The molecule has 0 atom stereocenters. The van der Waals surface area contributed by atoms with Crippen molar-refractivity contribution in [1.29, 1.82) is 0 Å². The number of rotatable bonds is 6. The van der Waals surface area contributed by atoms with E-state index >= 15 is 0 Å². The SMILES string of the molecule is Cc1cc(C(=O)C[NH+]2CCN(S(=O)(=O)c3cccs3)CC2)c(C)n1C1CC1. The number of hydrogen-bond donors (Lipinski definition) is 1. The number of quaternary nitrogens is 1. The van der Waals surface area contributed by atoms with Crippen molar-refractivity contribution in [3.8, 4) is 0 Å². The van der Waals surface area contributed by atoms with E-state index in [2.05, 4.69) is 11.5 Å². The summed E-state index contributed by atoms with van der Waals surface area (Å²) in [6, 6.07) is 6.01. The number of nitrogens with zero attached hydrogens (tertiary/aromatic N) is 2. The lowest BCUT2D eigenvalue weighted by molar-refractivity contribution is -0.895. The first kappa shape index (κ1) is 18.9. The van der Waals surface area contributed by atoms with Crippen LogP contribution in [0.25, 0.3) is 0 Å². The summed E-state index contributed by atoms with van der Waals surface area (Å²) in [5.41, 5.74) is 3.08. The number of Topliss-reactive ketones (excluding diaryl/α,β-unsaturated/α-hetero) is 1. The van der Waals surface area contributed by atoms with E-state index in [9.17, 15) is 13.2 Å². The fourth-order valence-corrected chi connectivity index (χ4v) is 6.62. The van der Waals surface area contributed by atoms with Gasteiger partial charge < -0.3 is 9.47 Å². The fraction of sp³-hybridized carbons (Fsp3) is 0.526. The molecule has 1 saturated carbocycles. The summed E-state index contributed by atoms with van der Waals surface area (Å²) in [6.45, 7) is 6.80. The van der Waals surface area contributed by atoms with Crippen molar-refractivity contribution < 1.29 is 18.1 Å². The molecule has 2 aromatic rings. The summed E-state index contributed by atoms with van der Waals surface area (Å²) >= 11 is 1.25. The van der Waals surface area contributed by atoms with Gasteiger partial charge in [-0.25, -0.2) is 8.42 Å². The lowest BCUT2D eigenvalue weighted by Gasteiger charge is -2.30. The Hall–Kier alpha value is -1.48. The Kier molecular flexibility index (Phi) is 5.00. The number of carbonyl (C=O) groups is 1. The molecule has 4 rings (SSSR count). The van der Waals surface area contributed by atoms with E-state index in [1.54, 1.807) is 21.8 Å². The van der Waals surface area contributed by atoms with Crippen LogP contribution in [-0.4, -0.2) is 55.8 Å². The molecule has 3 heterocycles. The lowest BCUT2D eigenvalue weighted by Crippen LogP contribution is -3.15. The first-order valence-corrected chi connectivity index (χ1v) is 11.8. The Balaban J connectivity index is 1.38. The van der Waals surface area contributed by atoms with Crippen LogP contribution < -0.4 is 4.90 Å². The molecule has 1 saturated heterocycles. The van der Waals surface area contributed by atoms with Crippen molar-refractivity contribution in [3.05, 3.63) is 40.5 Å². The van der Waals surface area contributed by atoms with Gasteiger partial charge in [-0.2, -0.15) is 4.31 Å². The number of ketones is 1. The van der Waals surface area contributed by atoms with Crippen molar-refractivity contribution in [1.82, 2.24) is 8.87 Å². The minimum absolute atomic E-state index is 0.166. The topological polar surface area (TPSA) is 63.8 Å². The Morgan fingerprint density at radius 1 is 1.26 bits per heavy atom. The molecule has 2 aliphatic rings. The van der Waals surface area contributed by atoms with Crippen molar-refractivity contribution in [2.45, 2.75) is 36.9 Å². The summed E-state index contributed by atoms with van der Waals surface area (Å²) in [6.07, 6.45) is 2.41. The summed E-state index contributed by atoms with van der Waals surface area (Å²) in [7, 11) is -3.38. The van der Waals surface area contributed by atoms with E-state index < -0.39 is 10.0 Å². The quantitative estimate of drug-likeness (QED) is 0.733. The van der Waals surface area contributed by atoms with Crippen molar-refractivity contribution in [3.63, 3.8) is 0 Å². The predicted octanol–water partition coefficient (Wildman–Crippen LogP) is 1.27. The van der Waals surface area contributed by atoms with Crippen molar-refractivity contribution in [2.24, 2.45) is 0 Å². The van der Waals surface area contributed by atoms with Crippen LogP contribution in [0.15, 0.2) is 27.8 Å². The fourth-order valence-electron chi connectivity index (χ4n) is 4.03. The maximum absolute atomic E-state index is 12.8. The highest BCUT2D eigenvalue weighted by Crippen LogP contribution is 2.38. The monoisotopic (exact) mass is 408 g/mol. The average Bonchev–Trinajstić information content (AvgIpc) is 3.19. The number of carbonyl (C=O) groups excluding carboxylic acids is 1. The number of piperazine rings is 1. The van der Waals surface area contributed by atoms with Crippen LogP contribution in [0.5, 0.6) is 0 Å². The van der Waals surface area contributed by atoms with E-state index in [1.807, 2.05) is 13.0 Å². The molecule has 2 fully saturated rings. The first-order chi connectivity index (χ1) is 12.9. The van der Waals surface area contributed by atoms with Crippen molar-refractivity contribution in [2.75, 3.05) is 32.7 Å². The highest BCUT2D eigenvalue weighted by molar-refractivity contribution is 7.91. The van der Waals surface area contributed by atoms with Gasteiger partial charge in [-0.15, -0.1) is 11.3 Å². The van der Waals surface area contributed by atoms with Crippen LogP contribution in [0.4, 0.5) is 0 Å². The predicted molar refractivity (Wildman–Crippen MR) is 105 cm³/mol. The molecule has 0 aromatic carbocycles. The number of nitrogens with one attached hydrogen (secondary N) is 1. The molecular formula is C19H26N3O3S2+. The largest absolute Gasteiger partial charge is 0.345 e. The second-order valence-corrected chi connectivity index (χ2v) is 10.7. The Morgan fingerprint density at radius 2 is 1.96 bits per heavy atom. The maximum Gasteiger partial charge on any atom is 0.252 e. The first-order valence-electron chi connectivity index (χ1n) is 9.47. The average molecular weight is 409 g/mol. The molecule has 0 radical (unpaired) electrons. The van der Waals surface area contributed by atoms with Gasteiger partial charge in [0, 0.05) is 23.0 Å². The molecule has 0 bridgehead atoms. The third kappa shape index (κ3) is 3.63. The van der Waals surface area contributed by atoms with E-state index in [4.69, 9.17) is 0 Å². The number of aryl methyl sites for hydroxylation is 1. The van der Waals surface area contributed by atoms with Gasteiger partial charge in [0.15, 0.2) is 0 Å². The van der Waals surface area contributed by atoms with E-state index in [0.29, 0.717) is 43.0 Å². The van der Waals surface area contributed by atoms with Gasteiger partial charge in [-0.3, -0.25) is 4.79 Å². The number of hydrogen-bond acceptors (Lipinski definition) is 4. The Morgan fingerprint density at radius 3 is 2.56 bits per heavy atom. The molecule has 1 aliphatic carbocycles. The highest BCUT2D eigenvalue weighted by atomic mass is 32.2. The zero-order valence-corrected chi connectivity index (χ0v) is 17.4. The lowest BCUT2D eigenvalue weighted by atomic mass is 10.1. The zero-order chi connectivity index (χ0) is 19.2. The van der Waals surface area contributed by atoms with Gasteiger partial charge in [-0.05, 0) is 44.2 Å². The standard InChI is InChI=1S/C19H25N3O3S2/c1-14-12-17(15(2)22(14)16-5-6-16)18(23)13-20-7-9-21(10-8-20)27(24,25)19-4-3-11-26-19/h3-4,11-12,16H,5-10,13H2,1-2H3/p+1. The number of thiophene rings is 1. The van der Waals surface area contributed by atoms with Gasteiger partial charge in [0.25, 0.3) is 10.0 Å². The van der Waals surface area contributed by atoms with Crippen LogP contribution in [0.3, 0.4) is 0 Å². The molecule has 146 valence electrons. The smallest absolute Gasteiger partial charge is 0.252 e. The Labute approximate surface area is 164 Å². The summed E-state index contributed by atoms with van der Waals surface area (Å²) < 4.78 is 29.5. The van der Waals surface area contributed by atoms with Gasteiger partial charge in [-0.1, -0.05) is 6.07 Å². The summed E-state index contributed by atoms with van der Waals surface area (Å²) in [5, 5.41) is 1.78. The van der Waals surface area contributed by atoms with Gasteiger partial charge in [0.05, 0.1) is 26.2 Å². The van der Waals surface area contributed by atoms with E-state index in [0.717, 1.165) is 16.2 Å². The third-order valence-corrected chi connectivity index (χ3v) is 8.90. The maximum atomic E-state index is 12.8. The molecule has 0 spiro atoms. The molecule has 6 nitrogen and oxygen atoms in total. The molecule has 8 heteroatoms. The van der Waals surface area contributed by atoms with Gasteiger partial charge in [0.2, 0.25) is 5.78 Å². The minimum atomic E-state index is -3.38. The van der Waals surface area contributed by atoms with Gasteiger partial charge >= 0.3 is 0 Å². The molecule has 0 unspecified atom stereocenters. The zero-order valence-electron chi connectivity index (χ0n) is 15.8. The summed E-state index contributed by atoms with van der Waals surface area (Å²) in [4.78, 5) is 14.0. The normalized spacial score (nSPS) is 19.5. The van der Waals surface area contributed by atoms with Gasteiger partial charge in [0.1, 0.15) is 10.8 Å². The van der Waals surface area contributed by atoms with Crippen molar-refractivity contribution >= 4 is 27.1 Å². The Bertz CT molecular complexity index is 935. The molecule has 2 aromatic heterocycles. The molecular weight excluding hydrogens is 382 g/mol. The summed E-state index contributed by atoms with van der Waals surface area (Å²) in [5.74, 6) is 0.166. The minimum Gasteiger partial charge on any atom is -0.345 e. The van der Waals surface area contributed by atoms with Crippen LogP contribution in [0, 0.1) is 13.8 Å².